The van der Waals surface area contributed by atoms with E-state index >= 15 is 0 Å². The highest BCUT2D eigenvalue weighted by atomic mass is 16.3. The van der Waals surface area contributed by atoms with Gasteiger partial charge in [0, 0.05) is 19.2 Å². The molecular weight excluding hydrogens is 256 g/mol. The maximum Gasteiger partial charge on any atom is 0.252 e. The van der Waals surface area contributed by atoms with Gasteiger partial charge in [-0.15, -0.1) is 0 Å². The van der Waals surface area contributed by atoms with Crippen LogP contribution in [-0.2, 0) is 11.3 Å². The predicted molar refractivity (Wildman–Crippen MR) is 75.0 cm³/mol. The van der Waals surface area contributed by atoms with Crippen molar-refractivity contribution in [3.05, 3.63) is 35.4 Å². The van der Waals surface area contributed by atoms with Gasteiger partial charge < -0.3 is 15.7 Å². The number of hydrogen-bond acceptors (Lipinski definition) is 3. The molecule has 0 spiro atoms. The minimum atomic E-state index is -1.29. The Morgan fingerprint density at radius 1 is 1.40 bits per heavy atom. The summed E-state index contributed by atoms with van der Waals surface area (Å²) in [6.07, 6.45) is 1.79. The molecule has 1 atom stereocenters. The molecule has 3 N–H and O–H groups in total. The molecule has 20 heavy (non-hydrogen) atoms. The molecule has 1 fully saturated rings. The Morgan fingerprint density at radius 3 is 2.70 bits per heavy atom. The Kier molecular flexibility index (Phi) is 4.09. The molecule has 5 nitrogen and oxygen atoms in total. The number of hydrogen-bond donors (Lipinski definition) is 3. The van der Waals surface area contributed by atoms with Gasteiger partial charge in [0.15, 0.2) is 0 Å². The van der Waals surface area contributed by atoms with Crippen LogP contribution in [0.2, 0.25) is 0 Å². The van der Waals surface area contributed by atoms with Crippen molar-refractivity contribution in [1.82, 2.24) is 10.6 Å². The third-order valence-electron chi connectivity index (χ3n) is 3.70. The van der Waals surface area contributed by atoms with Gasteiger partial charge >= 0.3 is 0 Å². The molecule has 0 aliphatic heterocycles. The first kappa shape index (κ1) is 14.5. The molecule has 2 rings (SSSR count). The molecule has 0 aromatic heterocycles. The molecule has 0 saturated heterocycles. The summed E-state index contributed by atoms with van der Waals surface area (Å²) < 4.78 is 0. The summed E-state index contributed by atoms with van der Waals surface area (Å²) in [5.41, 5.74) is 0.0811. The highest BCUT2D eigenvalue weighted by Gasteiger charge is 2.45. The second-order valence-electron chi connectivity index (χ2n) is 5.38. The van der Waals surface area contributed by atoms with Gasteiger partial charge in [0.2, 0.25) is 0 Å². The van der Waals surface area contributed by atoms with E-state index in [2.05, 4.69) is 10.6 Å². The summed E-state index contributed by atoms with van der Waals surface area (Å²) in [6.45, 7) is 1.85. The lowest BCUT2D eigenvalue weighted by Gasteiger charge is -2.21. The van der Waals surface area contributed by atoms with Crippen LogP contribution in [0, 0.1) is 5.92 Å². The number of benzene rings is 1. The number of nitrogens with one attached hydrogen (secondary N) is 2. The highest BCUT2D eigenvalue weighted by molar-refractivity contribution is 5.94. The molecular formula is C15H20N2O3. The molecule has 0 bridgehead atoms. The van der Waals surface area contributed by atoms with Crippen LogP contribution in [0.25, 0.3) is 0 Å². The summed E-state index contributed by atoms with van der Waals surface area (Å²) in [4.78, 5) is 23.5. The lowest BCUT2D eigenvalue weighted by Crippen LogP contribution is -2.45. The van der Waals surface area contributed by atoms with Crippen LogP contribution < -0.4 is 10.6 Å². The quantitative estimate of drug-likeness (QED) is 0.745. The van der Waals surface area contributed by atoms with Crippen molar-refractivity contribution in [2.45, 2.75) is 31.9 Å². The molecule has 1 aliphatic rings. The third kappa shape index (κ3) is 3.17. The SMILES string of the molecule is CNC(=O)c1cccc(CNC(=O)C(C)(O)C2CC2)c1. The van der Waals surface area contributed by atoms with Crippen molar-refractivity contribution in [3.63, 3.8) is 0 Å². The summed E-state index contributed by atoms with van der Waals surface area (Å²) in [5.74, 6) is -0.451. The molecule has 1 aromatic rings. The molecule has 2 amide bonds. The van der Waals surface area contributed by atoms with Gasteiger partial charge in [-0.2, -0.15) is 0 Å². The molecule has 1 aromatic carbocycles. The lowest BCUT2D eigenvalue weighted by molar-refractivity contribution is -0.140. The fourth-order valence-electron chi connectivity index (χ4n) is 2.16. The second-order valence-corrected chi connectivity index (χ2v) is 5.38. The number of aliphatic hydroxyl groups is 1. The van der Waals surface area contributed by atoms with Crippen molar-refractivity contribution in [2.75, 3.05) is 7.05 Å². The summed E-state index contributed by atoms with van der Waals surface area (Å²) >= 11 is 0. The second kappa shape index (κ2) is 5.63. The predicted octanol–water partition coefficient (Wildman–Crippen LogP) is 0.823. The van der Waals surface area contributed by atoms with E-state index in [0.29, 0.717) is 12.1 Å². The molecule has 1 unspecified atom stereocenters. The van der Waals surface area contributed by atoms with Gasteiger partial charge in [-0.1, -0.05) is 12.1 Å². The molecule has 108 valence electrons. The Morgan fingerprint density at radius 2 is 2.10 bits per heavy atom. The lowest BCUT2D eigenvalue weighted by atomic mass is 9.99. The van der Waals surface area contributed by atoms with Crippen molar-refractivity contribution < 1.29 is 14.7 Å². The first-order valence-electron chi connectivity index (χ1n) is 6.77. The van der Waals surface area contributed by atoms with Gasteiger partial charge in [0.1, 0.15) is 5.60 Å². The molecule has 1 aliphatic carbocycles. The zero-order chi connectivity index (χ0) is 14.8. The van der Waals surface area contributed by atoms with Crippen molar-refractivity contribution in [1.29, 1.82) is 0 Å². The summed E-state index contributed by atoms with van der Waals surface area (Å²) in [5, 5.41) is 15.4. The Hall–Kier alpha value is -1.88. The van der Waals surface area contributed by atoms with Crippen LogP contribution in [0.4, 0.5) is 0 Å². The normalized spacial score (nSPS) is 17.1. The molecule has 0 heterocycles. The van der Waals surface area contributed by atoms with Crippen molar-refractivity contribution >= 4 is 11.8 Å². The average molecular weight is 276 g/mol. The Bertz CT molecular complexity index is 522. The van der Waals surface area contributed by atoms with Crippen LogP contribution in [0.5, 0.6) is 0 Å². The standard InChI is InChI=1S/C15H20N2O3/c1-15(20,12-6-7-12)14(19)17-9-10-4-3-5-11(8-10)13(18)16-2/h3-5,8,12,20H,6-7,9H2,1-2H3,(H,16,18)(H,17,19). The van der Waals surface area contributed by atoms with Crippen LogP contribution in [-0.4, -0.2) is 29.6 Å². The topological polar surface area (TPSA) is 78.4 Å². The van der Waals surface area contributed by atoms with E-state index < -0.39 is 5.60 Å². The highest BCUT2D eigenvalue weighted by Crippen LogP contribution is 2.39. The first-order chi connectivity index (χ1) is 9.45. The van der Waals surface area contributed by atoms with Crippen molar-refractivity contribution in [3.8, 4) is 0 Å². The Balaban J connectivity index is 1.97. The van der Waals surface area contributed by atoms with E-state index in [9.17, 15) is 14.7 Å². The first-order valence-corrected chi connectivity index (χ1v) is 6.77. The fourth-order valence-corrected chi connectivity index (χ4v) is 2.16. The monoisotopic (exact) mass is 276 g/mol. The van der Waals surface area contributed by atoms with Gasteiger partial charge in [0.25, 0.3) is 11.8 Å². The van der Waals surface area contributed by atoms with Crippen LogP contribution >= 0.6 is 0 Å². The van der Waals surface area contributed by atoms with Gasteiger partial charge in [-0.05, 0) is 43.4 Å². The van der Waals surface area contributed by atoms with E-state index in [4.69, 9.17) is 0 Å². The maximum atomic E-state index is 12.0. The smallest absolute Gasteiger partial charge is 0.252 e. The number of rotatable bonds is 5. The van der Waals surface area contributed by atoms with Gasteiger partial charge in [0.05, 0.1) is 0 Å². The van der Waals surface area contributed by atoms with Crippen LogP contribution in [0.15, 0.2) is 24.3 Å². The van der Waals surface area contributed by atoms with E-state index in [1.54, 1.807) is 32.2 Å². The molecule has 5 heteroatoms. The Labute approximate surface area is 118 Å². The third-order valence-corrected chi connectivity index (χ3v) is 3.70. The number of amides is 2. The largest absolute Gasteiger partial charge is 0.380 e. The minimum absolute atomic E-state index is 0.0692. The summed E-state index contributed by atoms with van der Waals surface area (Å²) in [6, 6.07) is 7.04. The van der Waals surface area contributed by atoms with E-state index in [0.717, 1.165) is 18.4 Å². The zero-order valence-electron chi connectivity index (χ0n) is 11.8. The van der Waals surface area contributed by atoms with E-state index in [1.807, 2.05) is 6.07 Å². The molecule has 1 saturated carbocycles. The maximum absolute atomic E-state index is 12.0. The van der Waals surface area contributed by atoms with Gasteiger partial charge in [-0.25, -0.2) is 0 Å². The van der Waals surface area contributed by atoms with Gasteiger partial charge in [-0.3, -0.25) is 9.59 Å². The minimum Gasteiger partial charge on any atom is -0.380 e. The van der Waals surface area contributed by atoms with Crippen LogP contribution in [0.1, 0.15) is 35.7 Å². The number of carbonyl (C=O) groups excluding carboxylic acids is 2. The van der Waals surface area contributed by atoms with Crippen LogP contribution in [0.3, 0.4) is 0 Å². The fraction of sp³-hybridized carbons (Fsp3) is 0.467. The zero-order valence-corrected chi connectivity index (χ0v) is 11.8. The summed E-state index contributed by atoms with van der Waals surface area (Å²) in [7, 11) is 1.57. The average Bonchev–Trinajstić information content (AvgIpc) is 3.29. The molecule has 0 radical (unpaired) electrons. The van der Waals surface area contributed by atoms with E-state index in [-0.39, 0.29) is 17.7 Å². The van der Waals surface area contributed by atoms with E-state index in [1.165, 1.54) is 0 Å². The van der Waals surface area contributed by atoms with Crippen molar-refractivity contribution in [2.24, 2.45) is 5.92 Å². The number of carbonyl (C=O) groups is 2.